The zero-order valence-corrected chi connectivity index (χ0v) is 16.8. The van der Waals surface area contributed by atoms with Crippen LogP contribution in [0.2, 0.25) is 0 Å². The summed E-state index contributed by atoms with van der Waals surface area (Å²) in [5, 5.41) is 8.43. The van der Waals surface area contributed by atoms with Gasteiger partial charge < -0.3 is 15.2 Å². The molecule has 0 aromatic heterocycles. The number of rotatable bonds is 7. The van der Waals surface area contributed by atoms with E-state index in [9.17, 15) is 8.42 Å². The molecule has 0 bridgehead atoms. The summed E-state index contributed by atoms with van der Waals surface area (Å²) < 4.78 is 38.7. The zero-order chi connectivity index (χ0) is 21.0. The molecule has 0 heterocycles. The Morgan fingerprint density at radius 1 is 0.966 bits per heavy atom. The lowest BCUT2D eigenvalue weighted by Gasteiger charge is -2.14. The molecule has 0 aliphatic carbocycles. The Kier molecular flexibility index (Phi) is 5.74. The van der Waals surface area contributed by atoms with E-state index in [-0.39, 0.29) is 22.0 Å². The van der Waals surface area contributed by atoms with Gasteiger partial charge in [-0.05, 0) is 30.3 Å². The minimum atomic E-state index is -3.97. The van der Waals surface area contributed by atoms with Crippen LogP contribution in [-0.2, 0) is 10.0 Å². The zero-order valence-electron chi connectivity index (χ0n) is 16.0. The molecule has 0 atom stereocenters. The molecule has 0 radical (unpaired) electrons. The standard InChI is InChI=1S/C21H21N3O4S/c1-27-16-9-11-19(28-2)20(13-16)29(25,26)24-15-8-10-18(22)17(12-15)21(23)14-6-4-3-5-7-14/h3-13,23-24H,22H2,1-2H3. The summed E-state index contributed by atoms with van der Waals surface area (Å²) in [6.45, 7) is 0. The number of sulfonamides is 1. The topological polar surface area (TPSA) is 114 Å². The maximum atomic E-state index is 13.0. The van der Waals surface area contributed by atoms with Crippen molar-refractivity contribution < 1.29 is 17.9 Å². The Labute approximate surface area is 169 Å². The van der Waals surface area contributed by atoms with Gasteiger partial charge in [0, 0.05) is 28.6 Å². The average Bonchev–Trinajstić information content (AvgIpc) is 2.74. The van der Waals surface area contributed by atoms with Crippen LogP contribution in [-0.4, -0.2) is 28.3 Å². The SMILES string of the molecule is COc1ccc(OC)c(S(=O)(=O)Nc2ccc(N)c(C(=N)c3ccccc3)c2)c1. The molecule has 3 rings (SSSR count). The predicted molar refractivity (Wildman–Crippen MR) is 114 cm³/mol. The van der Waals surface area contributed by atoms with Gasteiger partial charge >= 0.3 is 0 Å². The minimum absolute atomic E-state index is 0.0594. The van der Waals surface area contributed by atoms with Crippen molar-refractivity contribution in [2.24, 2.45) is 0 Å². The van der Waals surface area contributed by atoms with E-state index in [4.69, 9.17) is 20.6 Å². The van der Waals surface area contributed by atoms with Crippen molar-refractivity contribution in [3.05, 3.63) is 77.9 Å². The smallest absolute Gasteiger partial charge is 0.265 e. The van der Waals surface area contributed by atoms with E-state index in [1.807, 2.05) is 18.2 Å². The highest BCUT2D eigenvalue weighted by molar-refractivity contribution is 7.92. The molecule has 0 spiro atoms. The van der Waals surface area contributed by atoms with Crippen LogP contribution < -0.4 is 19.9 Å². The summed E-state index contributed by atoms with van der Waals surface area (Å²) >= 11 is 0. The van der Waals surface area contributed by atoms with Crippen molar-refractivity contribution in [3.63, 3.8) is 0 Å². The molecule has 0 saturated carbocycles. The second-order valence-electron chi connectivity index (χ2n) is 6.17. The molecule has 3 aromatic rings. The summed E-state index contributed by atoms with van der Waals surface area (Å²) in [5.74, 6) is 0.570. The van der Waals surface area contributed by atoms with Crippen molar-refractivity contribution in [3.8, 4) is 11.5 Å². The fourth-order valence-electron chi connectivity index (χ4n) is 2.80. The van der Waals surface area contributed by atoms with Crippen LogP contribution in [0, 0.1) is 5.41 Å². The van der Waals surface area contributed by atoms with E-state index in [1.54, 1.807) is 30.3 Å². The largest absolute Gasteiger partial charge is 0.497 e. The molecule has 150 valence electrons. The van der Waals surface area contributed by atoms with Crippen LogP contribution in [0.1, 0.15) is 11.1 Å². The van der Waals surface area contributed by atoms with Gasteiger partial charge in [-0.3, -0.25) is 10.1 Å². The fourth-order valence-corrected chi connectivity index (χ4v) is 4.04. The first-order chi connectivity index (χ1) is 13.9. The van der Waals surface area contributed by atoms with E-state index in [0.29, 0.717) is 22.6 Å². The number of methoxy groups -OCH3 is 2. The number of anilines is 2. The van der Waals surface area contributed by atoms with Gasteiger partial charge in [0.05, 0.1) is 19.9 Å². The molecule has 8 heteroatoms. The number of hydrogen-bond acceptors (Lipinski definition) is 6. The molecule has 0 saturated heterocycles. The molecule has 0 aliphatic heterocycles. The predicted octanol–water partition coefficient (Wildman–Crippen LogP) is 3.50. The van der Waals surface area contributed by atoms with Crippen LogP contribution in [0.25, 0.3) is 0 Å². The molecule has 7 nitrogen and oxygen atoms in total. The Balaban J connectivity index is 1.98. The molecule has 0 aliphatic rings. The fraction of sp³-hybridized carbons (Fsp3) is 0.0952. The molecule has 4 N–H and O–H groups in total. The van der Waals surface area contributed by atoms with Gasteiger partial charge in [0.2, 0.25) is 0 Å². The molecule has 0 fully saturated rings. The molecule has 0 amide bonds. The van der Waals surface area contributed by atoms with Crippen molar-refractivity contribution in [1.29, 1.82) is 5.41 Å². The second kappa shape index (κ2) is 8.24. The number of ether oxygens (including phenoxy) is 2. The number of nitrogen functional groups attached to an aromatic ring is 1. The first-order valence-corrected chi connectivity index (χ1v) is 10.1. The highest BCUT2D eigenvalue weighted by Crippen LogP contribution is 2.30. The highest BCUT2D eigenvalue weighted by atomic mass is 32.2. The number of nitrogens with two attached hydrogens (primary N) is 1. The highest BCUT2D eigenvalue weighted by Gasteiger charge is 2.21. The van der Waals surface area contributed by atoms with Crippen molar-refractivity contribution in [1.82, 2.24) is 0 Å². The Morgan fingerprint density at radius 2 is 1.69 bits per heavy atom. The first-order valence-electron chi connectivity index (χ1n) is 8.64. The number of hydrogen-bond donors (Lipinski definition) is 3. The average molecular weight is 411 g/mol. The summed E-state index contributed by atoms with van der Waals surface area (Å²) in [4.78, 5) is -0.0594. The quantitative estimate of drug-likeness (QED) is 0.407. The molecular weight excluding hydrogens is 390 g/mol. The summed E-state index contributed by atoms with van der Waals surface area (Å²) in [7, 11) is -1.13. The Morgan fingerprint density at radius 3 is 2.34 bits per heavy atom. The first kappa shape index (κ1) is 20.2. The van der Waals surface area contributed by atoms with Crippen molar-refractivity contribution in [2.45, 2.75) is 4.90 Å². The van der Waals surface area contributed by atoms with Gasteiger partial charge in [-0.15, -0.1) is 0 Å². The number of nitrogens with one attached hydrogen (secondary N) is 2. The van der Waals surface area contributed by atoms with Crippen molar-refractivity contribution in [2.75, 3.05) is 24.7 Å². The molecular formula is C21H21N3O4S. The van der Waals surface area contributed by atoms with Gasteiger partial charge in [-0.1, -0.05) is 30.3 Å². The van der Waals surface area contributed by atoms with Crippen LogP contribution >= 0.6 is 0 Å². The summed E-state index contributed by atoms with van der Waals surface area (Å²) in [6.07, 6.45) is 0. The monoisotopic (exact) mass is 411 g/mol. The third-order valence-corrected chi connectivity index (χ3v) is 5.70. The van der Waals surface area contributed by atoms with E-state index >= 15 is 0 Å². The van der Waals surface area contributed by atoms with Crippen LogP contribution in [0.5, 0.6) is 11.5 Å². The van der Waals surface area contributed by atoms with Crippen LogP contribution in [0.15, 0.2) is 71.6 Å². The third-order valence-electron chi connectivity index (χ3n) is 4.30. The summed E-state index contributed by atoms with van der Waals surface area (Å²) in [6, 6.07) is 18.2. The second-order valence-corrected chi connectivity index (χ2v) is 7.82. The lowest BCUT2D eigenvalue weighted by Crippen LogP contribution is -2.15. The lowest BCUT2D eigenvalue weighted by molar-refractivity contribution is 0.392. The third kappa shape index (κ3) is 4.33. The van der Waals surface area contributed by atoms with E-state index < -0.39 is 10.0 Å². The van der Waals surface area contributed by atoms with Gasteiger partial charge in [0.1, 0.15) is 16.4 Å². The number of benzene rings is 3. The van der Waals surface area contributed by atoms with Crippen LogP contribution in [0.3, 0.4) is 0 Å². The van der Waals surface area contributed by atoms with Crippen molar-refractivity contribution >= 4 is 27.1 Å². The lowest BCUT2D eigenvalue weighted by atomic mass is 10.0. The van der Waals surface area contributed by atoms with Gasteiger partial charge in [0.25, 0.3) is 10.0 Å². The molecule has 29 heavy (non-hydrogen) atoms. The normalized spacial score (nSPS) is 11.0. The van der Waals surface area contributed by atoms with Crippen LogP contribution in [0.4, 0.5) is 11.4 Å². The van der Waals surface area contributed by atoms with E-state index in [1.165, 1.54) is 32.4 Å². The van der Waals surface area contributed by atoms with Gasteiger partial charge in [-0.25, -0.2) is 8.42 Å². The van der Waals surface area contributed by atoms with E-state index in [0.717, 1.165) is 0 Å². The maximum absolute atomic E-state index is 13.0. The molecule has 0 unspecified atom stereocenters. The molecule has 3 aromatic carbocycles. The van der Waals surface area contributed by atoms with E-state index in [2.05, 4.69) is 4.72 Å². The maximum Gasteiger partial charge on any atom is 0.265 e. The Hall–Kier alpha value is -3.52. The van der Waals surface area contributed by atoms with Gasteiger partial charge in [0.15, 0.2) is 0 Å². The minimum Gasteiger partial charge on any atom is -0.497 e. The summed E-state index contributed by atoms with van der Waals surface area (Å²) in [5.41, 5.74) is 7.98. The Bertz CT molecular complexity index is 1150. The van der Waals surface area contributed by atoms with Gasteiger partial charge in [-0.2, -0.15) is 0 Å².